The lowest BCUT2D eigenvalue weighted by Crippen LogP contribution is -2.30. The fourth-order valence-corrected chi connectivity index (χ4v) is 3.88. The van der Waals surface area contributed by atoms with Gasteiger partial charge in [-0.2, -0.15) is 0 Å². The Morgan fingerprint density at radius 2 is 1.38 bits per heavy atom. The normalized spacial score (nSPS) is 11.1. The Kier molecular flexibility index (Phi) is 9.24. The molecule has 40 heavy (non-hydrogen) atoms. The zero-order chi connectivity index (χ0) is 28.3. The van der Waals surface area contributed by atoms with Gasteiger partial charge in [-0.05, 0) is 66.3 Å². The first-order valence-electron chi connectivity index (χ1n) is 12.5. The first-order chi connectivity index (χ1) is 19.5. The van der Waals surface area contributed by atoms with Crippen molar-refractivity contribution >= 4 is 35.4 Å². The summed E-state index contributed by atoms with van der Waals surface area (Å²) in [6.07, 6.45) is 4.71. The fourth-order valence-electron chi connectivity index (χ4n) is 3.88. The van der Waals surface area contributed by atoms with Crippen molar-refractivity contribution in [2.24, 2.45) is 0 Å². The Morgan fingerprint density at radius 1 is 0.700 bits per heavy atom. The van der Waals surface area contributed by atoms with Gasteiger partial charge in [0.1, 0.15) is 5.70 Å². The molecule has 0 unspecified atom stereocenters. The maximum absolute atomic E-state index is 13.2. The van der Waals surface area contributed by atoms with E-state index in [1.54, 1.807) is 73.9 Å². The number of amides is 2. The molecule has 4 rings (SSSR count). The second kappa shape index (κ2) is 13.4. The highest BCUT2D eigenvalue weighted by molar-refractivity contribution is 6.11. The highest BCUT2D eigenvalue weighted by Crippen LogP contribution is 2.31. The van der Waals surface area contributed by atoms with Crippen molar-refractivity contribution in [1.82, 2.24) is 5.32 Å². The maximum atomic E-state index is 13.2. The summed E-state index contributed by atoms with van der Waals surface area (Å²) in [5.41, 5.74) is 2.87. The van der Waals surface area contributed by atoms with Crippen LogP contribution in [0.4, 0.5) is 5.69 Å². The van der Waals surface area contributed by atoms with Crippen LogP contribution in [-0.4, -0.2) is 31.8 Å². The average Bonchev–Trinajstić information content (AvgIpc) is 3.00. The molecule has 2 amide bonds. The van der Waals surface area contributed by atoms with Crippen LogP contribution in [0.3, 0.4) is 0 Å². The molecule has 0 aromatic heterocycles. The molecule has 4 aromatic rings. The predicted octanol–water partition coefficient (Wildman–Crippen LogP) is 6.01. The van der Waals surface area contributed by atoms with Crippen LogP contribution < -0.4 is 20.1 Å². The smallest absolute Gasteiger partial charge is 0.272 e. The van der Waals surface area contributed by atoms with E-state index in [2.05, 4.69) is 10.6 Å². The summed E-state index contributed by atoms with van der Waals surface area (Å²) in [5, 5.41) is 5.50. The Morgan fingerprint density at radius 3 is 2.02 bits per heavy atom. The first-order valence-corrected chi connectivity index (χ1v) is 12.5. The van der Waals surface area contributed by atoms with Gasteiger partial charge in [-0.25, -0.2) is 0 Å². The predicted molar refractivity (Wildman–Crippen MR) is 156 cm³/mol. The SMILES string of the molecule is COc1cccc(/C=C/C(=O)c2ccc(NC(=O)/C(=C/c3ccccc3)NC(=O)c3ccccc3)cc2)c1OC. The van der Waals surface area contributed by atoms with E-state index in [0.29, 0.717) is 33.9 Å². The number of nitrogens with one attached hydrogen (secondary N) is 2. The second-order valence-electron chi connectivity index (χ2n) is 8.60. The molecule has 200 valence electrons. The summed E-state index contributed by atoms with van der Waals surface area (Å²) in [4.78, 5) is 38.7. The molecule has 0 radical (unpaired) electrons. The number of hydrogen-bond donors (Lipinski definition) is 2. The third kappa shape index (κ3) is 7.11. The number of hydrogen-bond acceptors (Lipinski definition) is 5. The Balaban J connectivity index is 1.48. The van der Waals surface area contributed by atoms with Crippen LogP contribution in [0, 0.1) is 0 Å². The number of anilines is 1. The molecule has 7 heteroatoms. The largest absolute Gasteiger partial charge is 0.493 e. The summed E-state index contributed by atoms with van der Waals surface area (Å²) in [7, 11) is 3.09. The van der Waals surface area contributed by atoms with E-state index >= 15 is 0 Å². The number of ether oxygens (including phenoxy) is 2. The van der Waals surface area contributed by atoms with Crippen LogP contribution in [0.15, 0.2) is 115 Å². The number of rotatable bonds is 10. The lowest BCUT2D eigenvalue weighted by molar-refractivity contribution is -0.113. The van der Waals surface area contributed by atoms with Crippen molar-refractivity contribution in [3.63, 3.8) is 0 Å². The Hall–Kier alpha value is -5.43. The molecule has 0 atom stereocenters. The van der Waals surface area contributed by atoms with E-state index in [4.69, 9.17) is 9.47 Å². The van der Waals surface area contributed by atoms with Gasteiger partial charge in [0, 0.05) is 22.4 Å². The van der Waals surface area contributed by atoms with Gasteiger partial charge in [0.25, 0.3) is 11.8 Å². The van der Waals surface area contributed by atoms with Crippen molar-refractivity contribution in [2.45, 2.75) is 0 Å². The molecular formula is C33H28N2O5. The summed E-state index contributed by atoms with van der Waals surface area (Å²) in [5.74, 6) is -0.0262. The minimum Gasteiger partial charge on any atom is -0.493 e. The lowest BCUT2D eigenvalue weighted by atomic mass is 10.1. The van der Waals surface area contributed by atoms with Gasteiger partial charge >= 0.3 is 0 Å². The number of carbonyl (C=O) groups is 3. The van der Waals surface area contributed by atoms with Gasteiger partial charge in [-0.3, -0.25) is 14.4 Å². The van der Waals surface area contributed by atoms with E-state index < -0.39 is 11.8 Å². The van der Waals surface area contributed by atoms with Gasteiger partial charge in [-0.15, -0.1) is 0 Å². The topological polar surface area (TPSA) is 93.7 Å². The molecule has 0 fully saturated rings. The van der Waals surface area contributed by atoms with Crippen molar-refractivity contribution in [3.8, 4) is 11.5 Å². The number of methoxy groups -OCH3 is 2. The first kappa shape index (κ1) is 27.6. The average molecular weight is 533 g/mol. The van der Waals surface area contributed by atoms with E-state index in [0.717, 1.165) is 5.56 Å². The van der Waals surface area contributed by atoms with Crippen LogP contribution in [0.1, 0.15) is 31.8 Å². The van der Waals surface area contributed by atoms with Crippen molar-refractivity contribution in [1.29, 1.82) is 0 Å². The van der Waals surface area contributed by atoms with E-state index in [1.165, 1.54) is 13.2 Å². The van der Waals surface area contributed by atoms with Crippen molar-refractivity contribution < 1.29 is 23.9 Å². The molecule has 0 spiro atoms. The number of benzene rings is 4. The van der Waals surface area contributed by atoms with E-state index in [9.17, 15) is 14.4 Å². The monoisotopic (exact) mass is 532 g/mol. The molecule has 0 saturated heterocycles. The van der Waals surface area contributed by atoms with Gasteiger partial charge in [0.2, 0.25) is 0 Å². The number of allylic oxidation sites excluding steroid dienone is 1. The van der Waals surface area contributed by atoms with E-state index in [1.807, 2.05) is 48.5 Å². The third-order valence-corrected chi connectivity index (χ3v) is 5.91. The summed E-state index contributed by atoms with van der Waals surface area (Å²) in [6, 6.07) is 29.8. The third-order valence-electron chi connectivity index (χ3n) is 5.91. The van der Waals surface area contributed by atoms with Gasteiger partial charge in [0.15, 0.2) is 17.3 Å². The number of ketones is 1. The Bertz CT molecular complexity index is 1540. The highest BCUT2D eigenvalue weighted by Gasteiger charge is 2.15. The second-order valence-corrected chi connectivity index (χ2v) is 8.60. The van der Waals surface area contributed by atoms with Crippen LogP contribution in [0.5, 0.6) is 11.5 Å². The summed E-state index contributed by atoms with van der Waals surface area (Å²) in [6.45, 7) is 0. The standard InChI is InChI=1S/C33H28N2O5/c1-39-30-15-9-14-25(31(30)40-2)18-21-29(36)24-16-19-27(20-17-24)34-33(38)28(22-23-10-5-3-6-11-23)35-32(37)26-12-7-4-8-13-26/h3-22H,1-2H3,(H,34,38)(H,35,37)/b21-18+,28-22-. The molecule has 2 N–H and O–H groups in total. The molecule has 0 heterocycles. The molecular weight excluding hydrogens is 504 g/mol. The zero-order valence-electron chi connectivity index (χ0n) is 22.1. The van der Waals surface area contributed by atoms with Gasteiger partial charge in [-0.1, -0.05) is 60.7 Å². The minimum atomic E-state index is -0.503. The van der Waals surface area contributed by atoms with Crippen LogP contribution in [0.25, 0.3) is 12.2 Å². The molecule has 4 aromatic carbocycles. The molecule has 0 aliphatic carbocycles. The molecule has 0 saturated carbocycles. The van der Waals surface area contributed by atoms with Crippen molar-refractivity contribution in [3.05, 3.63) is 137 Å². The maximum Gasteiger partial charge on any atom is 0.272 e. The molecule has 7 nitrogen and oxygen atoms in total. The number of carbonyl (C=O) groups excluding carboxylic acids is 3. The van der Waals surface area contributed by atoms with E-state index in [-0.39, 0.29) is 11.5 Å². The van der Waals surface area contributed by atoms with Crippen LogP contribution in [0.2, 0.25) is 0 Å². The fraction of sp³-hybridized carbons (Fsp3) is 0.0606. The van der Waals surface area contributed by atoms with Gasteiger partial charge < -0.3 is 20.1 Å². The summed E-state index contributed by atoms with van der Waals surface area (Å²) >= 11 is 0. The van der Waals surface area contributed by atoms with Gasteiger partial charge in [0.05, 0.1) is 14.2 Å². The van der Waals surface area contributed by atoms with Crippen molar-refractivity contribution in [2.75, 3.05) is 19.5 Å². The minimum absolute atomic E-state index is 0.0791. The molecule has 0 aliphatic heterocycles. The molecule has 0 aliphatic rings. The van der Waals surface area contributed by atoms with Crippen LogP contribution in [-0.2, 0) is 4.79 Å². The quantitative estimate of drug-likeness (QED) is 0.193. The molecule has 0 bridgehead atoms. The zero-order valence-corrected chi connectivity index (χ0v) is 22.1. The Labute approximate surface area is 232 Å². The number of para-hydroxylation sites is 1. The lowest BCUT2D eigenvalue weighted by Gasteiger charge is -2.12. The van der Waals surface area contributed by atoms with Crippen LogP contribution >= 0.6 is 0 Å². The summed E-state index contributed by atoms with van der Waals surface area (Å²) < 4.78 is 10.7. The highest BCUT2D eigenvalue weighted by atomic mass is 16.5.